The number of nitrogens with zero attached hydrogens (tertiary/aromatic N) is 3. The van der Waals surface area contributed by atoms with E-state index in [0.717, 1.165) is 5.56 Å². The summed E-state index contributed by atoms with van der Waals surface area (Å²) >= 11 is 0. The van der Waals surface area contributed by atoms with Gasteiger partial charge in [0.1, 0.15) is 5.82 Å². The molecule has 16 heavy (non-hydrogen) atoms. The fourth-order valence-electron chi connectivity index (χ4n) is 1.73. The topological polar surface area (TPSA) is 40.0 Å². The van der Waals surface area contributed by atoms with Crippen LogP contribution in [-0.2, 0) is 5.66 Å². The number of benzene rings is 1. The van der Waals surface area contributed by atoms with E-state index < -0.39 is 5.66 Å². The van der Waals surface area contributed by atoms with E-state index in [4.69, 9.17) is 0 Å². The molecule has 5 heteroatoms. The van der Waals surface area contributed by atoms with E-state index in [1.54, 1.807) is 37.2 Å². The Kier molecular flexibility index (Phi) is 2.47. The van der Waals surface area contributed by atoms with Gasteiger partial charge in [0.25, 0.3) is 0 Å². The number of hydrogen-bond acceptors (Lipinski definition) is 4. The van der Waals surface area contributed by atoms with Crippen molar-refractivity contribution >= 4 is 0 Å². The van der Waals surface area contributed by atoms with Gasteiger partial charge >= 0.3 is 0 Å². The Hall–Kier alpha value is -1.75. The largest absolute Gasteiger partial charge is 0.219 e. The van der Waals surface area contributed by atoms with Crippen LogP contribution < -0.4 is 5.53 Å². The lowest BCUT2D eigenvalue weighted by molar-refractivity contribution is 0.157. The summed E-state index contributed by atoms with van der Waals surface area (Å²) in [5, 5.41) is 9.58. The number of rotatable bonds is 2. The molecule has 1 aromatic carbocycles. The van der Waals surface area contributed by atoms with Crippen LogP contribution in [-0.4, -0.2) is 12.1 Å². The average molecular weight is 220 g/mol. The summed E-state index contributed by atoms with van der Waals surface area (Å²) in [6.45, 7) is 5.48. The first-order valence-electron chi connectivity index (χ1n) is 4.92. The number of likely N-dealkylation sites (N-methyl/N-ethyl adjacent to an activating group) is 1. The van der Waals surface area contributed by atoms with Crippen molar-refractivity contribution in [3.05, 3.63) is 47.8 Å². The van der Waals surface area contributed by atoms with E-state index in [-0.39, 0.29) is 5.82 Å². The van der Waals surface area contributed by atoms with Crippen molar-refractivity contribution in [1.29, 1.82) is 0 Å². The van der Waals surface area contributed by atoms with Crippen molar-refractivity contribution < 1.29 is 4.39 Å². The SMILES string of the molecule is C=CC1(c2ccc(F)c(C)c2)N=NNN1C. The van der Waals surface area contributed by atoms with E-state index in [1.807, 2.05) is 0 Å². The smallest absolute Gasteiger partial charge is 0.197 e. The minimum Gasteiger partial charge on any atom is -0.219 e. The number of halogens is 1. The van der Waals surface area contributed by atoms with Crippen LogP contribution in [0.5, 0.6) is 0 Å². The molecule has 1 aromatic rings. The minimum atomic E-state index is -0.752. The summed E-state index contributed by atoms with van der Waals surface area (Å²) in [6.07, 6.45) is 1.67. The lowest BCUT2D eigenvalue weighted by Gasteiger charge is -2.28. The number of hydrazine groups is 1. The maximum atomic E-state index is 13.2. The molecule has 0 aromatic heterocycles. The Morgan fingerprint density at radius 1 is 1.56 bits per heavy atom. The van der Waals surface area contributed by atoms with Crippen LogP contribution in [0.1, 0.15) is 11.1 Å². The van der Waals surface area contributed by atoms with Gasteiger partial charge in [-0.15, -0.1) is 5.11 Å². The lowest BCUT2D eigenvalue weighted by Crippen LogP contribution is -2.41. The molecule has 0 saturated heterocycles. The third kappa shape index (κ3) is 1.40. The quantitative estimate of drug-likeness (QED) is 0.777. The highest BCUT2D eigenvalue weighted by molar-refractivity contribution is 5.33. The Morgan fingerprint density at radius 2 is 2.31 bits per heavy atom. The van der Waals surface area contributed by atoms with Crippen LogP contribution in [0.4, 0.5) is 4.39 Å². The van der Waals surface area contributed by atoms with Gasteiger partial charge in [0.15, 0.2) is 5.66 Å². The Morgan fingerprint density at radius 3 is 2.81 bits per heavy atom. The van der Waals surface area contributed by atoms with Gasteiger partial charge in [-0.1, -0.05) is 17.9 Å². The van der Waals surface area contributed by atoms with Crippen molar-refractivity contribution in [3.63, 3.8) is 0 Å². The molecule has 1 heterocycles. The summed E-state index contributed by atoms with van der Waals surface area (Å²) in [5.74, 6) is -0.228. The standard InChI is InChI=1S/C11H13FN4/c1-4-11(13-14-15-16(11)3)9-5-6-10(12)8(2)7-9/h4-7H,1H2,2-3H3,(H,13,15). The first kappa shape index (κ1) is 10.8. The molecule has 4 nitrogen and oxygen atoms in total. The Balaban J connectivity index is 2.53. The van der Waals surface area contributed by atoms with Gasteiger partial charge in [0.05, 0.1) is 0 Å². The molecule has 1 aliphatic rings. The molecule has 1 unspecified atom stereocenters. The number of hydrogen-bond donors (Lipinski definition) is 1. The lowest BCUT2D eigenvalue weighted by atomic mass is 9.98. The number of aryl methyl sites for hydroxylation is 1. The molecule has 0 aliphatic carbocycles. The summed E-state index contributed by atoms with van der Waals surface area (Å²) in [5.41, 5.74) is 3.38. The van der Waals surface area contributed by atoms with Gasteiger partial charge < -0.3 is 0 Å². The van der Waals surface area contributed by atoms with Crippen molar-refractivity contribution in [1.82, 2.24) is 10.5 Å². The average Bonchev–Trinajstić information content (AvgIpc) is 2.65. The van der Waals surface area contributed by atoms with E-state index >= 15 is 0 Å². The van der Waals surface area contributed by atoms with Gasteiger partial charge in [-0.25, -0.2) is 9.93 Å². The van der Waals surface area contributed by atoms with Crippen molar-refractivity contribution in [3.8, 4) is 0 Å². The van der Waals surface area contributed by atoms with Crippen LogP contribution in [0.2, 0.25) is 0 Å². The highest BCUT2D eigenvalue weighted by Crippen LogP contribution is 2.33. The van der Waals surface area contributed by atoms with Crippen molar-refractivity contribution in [2.24, 2.45) is 10.3 Å². The highest BCUT2D eigenvalue weighted by Gasteiger charge is 2.37. The monoisotopic (exact) mass is 220 g/mol. The van der Waals surface area contributed by atoms with Crippen LogP contribution in [0.25, 0.3) is 0 Å². The number of nitrogens with one attached hydrogen (secondary N) is 1. The predicted octanol–water partition coefficient (Wildman–Crippen LogP) is 2.29. The van der Waals surface area contributed by atoms with E-state index in [1.165, 1.54) is 6.07 Å². The molecule has 0 spiro atoms. The zero-order valence-corrected chi connectivity index (χ0v) is 9.24. The van der Waals surface area contributed by atoms with E-state index in [2.05, 4.69) is 22.5 Å². The van der Waals surface area contributed by atoms with Gasteiger partial charge in [-0.2, -0.15) is 5.01 Å². The maximum Gasteiger partial charge on any atom is 0.197 e. The van der Waals surface area contributed by atoms with Gasteiger partial charge in [0, 0.05) is 12.6 Å². The molecular weight excluding hydrogens is 207 g/mol. The van der Waals surface area contributed by atoms with Crippen LogP contribution in [0.3, 0.4) is 0 Å². The third-order valence-electron chi connectivity index (χ3n) is 2.78. The molecule has 1 atom stereocenters. The summed E-state index contributed by atoms with van der Waals surface area (Å²) < 4.78 is 13.2. The first-order chi connectivity index (χ1) is 7.60. The Bertz CT molecular complexity index is 457. The van der Waals surface area contributed by atoms with E-state index in [9.17, 15) is 4.39 Å². The fraction of sp³-hybridized carbons (Fsp3) is 0.273. The molecule has 0 radical (unpaired) electrons. The Labute approximate surface area is 93.4 Å². The molecular formula is C11H13FN4. The predicted molar refractivity (Wildman–Crippen MR) is 58.8 cm³/mol. The second-order valence-corrected chi connectivity index (χ2v) is 3.75. The van der Waals surface area contributed by atoms with E-state index in [0.29, 0.717) is 5.56 Å². The molecule has 0 amide bonds. The second-order valence-electron chi connectivity index (χ2n) is 3.75. The first-order valence-corrected chi connectivity index (χ1v) is 4.92. The summed E-state index contributed by atoms with van der Waals surface area (Å²) in [4.78, 5) is 0. The van der Waals surface area contributed by atoms with Crippen molar-refractivity contribution in [2.45, 2.75) is 12.6 Å². The molecule has 1 N–H and O–H groups in total. The summed E-state index contributed by atoms with van der Waals surface area (Å²) in [7, 11) is 1.81. The molecule has 1 aliphatic heterocycles. The van der Waals surface area contributed by atoms with Crippen LogP contribution >= 0.6 is 0 Å². The molecule has 0 saturated carbocycles. The van der Waals surface area contributed by atoms with Gasteiger partial charge in [-0.05, 0) is 30.7 Å². The second kappa shape index (κ2) is 3.68. The van der Waals surface area contributed by atoms with Crippen LogP contribution in [0, 0.1) is 12.7 Å². The molecule has 0 bridgehead atoms. The fourth-order valence-corrected chi connectivity index (χ4v) is 1.73. The zero-order chi connectivity index (χ0) is 11.8. The normalized spacial score (nSPS) is 24.4. The summed E-state index contributed by atoms with van der Waals surface area (Å²) in [6, 6.07) is 4.86. The van der Waals surface area contributed by atoms with Crippen LogP contribution in [0.15, 0.2) is 41.2 Å². The van der Waals surface area contributed by atoms with Crippen molar-refractivity contribution in [2.75, 3.05) is 7.05 Å². The zero-order valence-electron chi connectivity index (χ0n) is 9.24. The third-order valence-corrected chi connectivity index (χ3v) is 2.78. The van der Waals surface area contributed by atoms with Gasteiger partial charge in [-0.3, -0.25) is 0 Å². The molecule has 0 fully saturated rings. The molecule has 2 rings (SSSR count). The van der Waals surface area contributed by atoms with Gasteiger partial charge in [0.2, 0.25) is 0 Å². The maximum absolute atomic E-state index is 13.2. The highest BCUT2D eigenvalue weighted by atomic mass is 19.1. The molecule has 84 valence electrons. The minimum absolute atomic E-state index is 0.228.